The molecule has 0 bridgehead atoms. The first-order chi connectivity index (χ1) is 9.81. The van der Waals surface area contributed by atoms with Gasteiger partial charge in [0.25, 0.3) is 10.0 Å². The number of aromatic carboxylic acids is 1. The van der Waals surface area contributed by atoms with E-state index in [1.54, 1.807) is 0 Å². The maximum absolute atomic E-state index is 13.8. The lowest BCUT2D eigenvalue weighted by molar-refractivity contribution is 0.0696. The van der Waals surface area contributed by atoms with Crippen LogP contribution in [-0.4, -0.2) is 24.5 Å². The molecule has 0 radical (unpaired) electrons. The van der Waals surface area contributed by atoms with Crippen LogP contribution in [0.5, 0.6) is 0 Å². The zero-order valence-corrected chi connectivity index (χ0v) is 12.6. The summed E-state index contributed by atoms with van der Waals surface area (Å²) in [5.41, 5.74) is -0.201. The Labute approximate surface area is 127 Å². The smallest absolute Gasteiger partial charge is 0.335 e. The lowest BCUT2D eigenvalue weighted by atomic mass is 10.2. The second kappa shape index (κ2) is 5.78. The van der Waals surface area contributed by atoms with Crippen LogP contribution in [0, 0.1) is 5.82 Å². The number of aromatic nitrogens is 1. The topological polar surface area (TPSA) is 96.4 Å². The minimum Gasteiger partial charge on any atom is -0.478 e. The third-order valence-electron chi connectivity index (χ3n) is 2.47. The molecule has 21 heavy (non-hydrogen) atoms. The van der Waals surface area contributed by atoms with Crippen LogP contribution >= 0.6 is 15.9 Å². The molecule has 1 heterocycles. The van der Waals surface area contributed by atoms with Crippen LogP contribution in [0.25, 0.3) is 0 Å². The summed E-state index contributed by atoms with van der Waals surface area (Å²) in [5.74, 6) is -2.50. The average molecular weight is 375 g/mol. The van der Waals surface area contributed by atoms with E-state index >= 15 is 0 Å². The van der Waals surface area contributed by atoms with Gasteiger partial charge in [0.05, 0.1) is 11.3 Å². The number of pyridine rings is 1. The zero-order chi connectivity index (χ0) is 15.6. The van der Waals surface area contributed by atoms with E-state index < -0.39 is 26.7 Å². The normalized spacial score (nSPS) is 11.1. The van der Waals surface area contributed by atoms with Crippen molar-refractivity contribution in [1.82, 2.24) is 4.98 Å². The lowest BCUT2D eigenvalue weighted by Gasteiger charge is -2.10. The molecule has 2 rings (SSSR count). The number of nitrogens with zero attached hydrogens (tertiary/aromatic N) is 1. The van der Waals surface area contributed by atoms with Crippen molar-refractivity contribution in [3.05, 3.63) is 52.5 Å². The number of halogens is 2. The Kier molecular flexibility index (Phi) is 4.24. The second-order valence-corrected chi connectivity index (χ2v) is 6.30. The third kappa shape index (κ3) is 3.37. The summed E-state index contributed by atoms with van der Waals surface area (Å²) in [6.45, 7) is 0. The molecule has 0 aliphatic heterocycles. The summed E-state index contributed by atoms with van der Waals surface area (Å²) in [5, 5.41) is 8.73. The molecule has 0 atom stereocenters. The van der Waals surface area contributed by atoms with Crippen molar-refractivity contribution >= 4 is 37.6 Å². The molecule has 0 fully saturated rings. The molecule has 1 aromatic carbocycles. The average Bonchev–Trinajstić information content (AvgIpc) is 2.40. The van der Waals surface area contributed by atoms with E-state index in [2.05, 4.69) is 25.6 Å². The Balaban J connectivity index is 2.41. The van der Waals surface area contributed by atoms with Gasteiger partial charge in [-0.25, -0.2) is 22.6 Å². The number of hydrogen-bond donors (Lipinski definition) is 2. The van der Waals surface area contributed by atoms with Crippen LogP contribution in [0.4, 0.5) is 10.1 Å². The molecule has 1 aromatic heterocycles. The Morgan fingerprint density at radius 3 is 2.62 bits per heavy atom. The van der Waals surface area contributed by atoms with Crippen molar-refractivity contribution in [1.29, 1.82) is 0 Å². The Morgan fingerprint density at radius 1 is 1.33 bits per heavy atom. The van der Waals surface area contributed by atoms with Gasteiger partial charge in [0.15, 0.2) is 0 Å². The van der Waals surface area contributed by atoms with Crippen molar-refractivity contribution in [2.24, 2.45) is 0 Å². The maximum atomic E-state index is 13.8. The first-order valence-electron chi connectivity index (χ1n) is 5.47. The first kappa shape index (κ1) is 15.4. The van der Waals surface area contributed by atoms with E-state index in [-0.39, 0.29) is 15.9 Å². The van der Waals surface area contributed by atoms with E-state index in [0.717, 1.165) is 12.1 Å². The number of carboxylic acid groups (broad SMARTS) is 1. The van der Waals surface area contributed by atoms with E-state index in [4.69, 9.17) is 5.11 Å². The fourth-order valence-electron chi connectivity index (χ4n) is 1.51. The number of anilines is 1. The molecule has 0 aliphatic carbocycles. The number of carboxylic acids is 1. The predicted molar refractivity (Wildman–Crippen MR) is 76.1 cm³/mol. The molecule has 0 spiro atoms. The summed E-state index contributed by atoms with van der Waals surface area (Å²) >= 11 is 3.06. The van der Waals surface area contributed by atoms with Gasteiger partial charge in [-0.1, -0.05) is 0 Å². The molecule has 0 aliphatic rings. The van der Waals surface area contributed by atoms with Crippen LogP contribution in [-0.2, 0) is 10.0 Å². The van der Waals surface area contributed by atoms with E-state index in [9.17, 15) is 17.6 Å². The highest BCUT2D eigenvalue weighted by molar-refractivity contribution is 9.10. The zero-order valence-electron chi connectivity index (χ0n) is 10.2. The van der Waals surface area contributed by atoms with Crippen LogP contribution in [0.3, 0.4) is 0 Å². The summed E-state index contributed by atoms with van der Waals surface area (Å²) < 4.78 is 40.4. The number of hydrogen-bond acceptors (Lipinski definition) is 4. The molecule has 110 valence electrons. The lowest BCUT2D eigenvalue weighted by Crippen LogP contribution is -2.15. The molecule has 2 N–H and O–H groups in total. The number of benzene rings is 1. The Hall–Kier alpha value is -2.00. The van der Waals surface area contributed by atoms with Gasteiger partial charge in [-0.2, -0.15) is 0 Å². The van der Waals surface area contributed by atoms with Gasteiger partial charge in [0, 0.05) is 6.20 Å². The second-order valence-electron chi connectivity index (χ2n) is 3.90. The van der Waals surface area contributed by atoms with E-state index in [1.165, 1.54) is 18.3 Å². The largest absolute Gasteiger partial charge is 0.478 e. The number of rotatable bonds is 4. The number of nitrogens with one attached hydrogen (secondary N) is 1. The predicted octanol–water partition coefficient (Wildman–Crippen LogP) is 2.48. The fraction of sp³-hybridized carbons (Fsp3) is 0. The molecule has 0 unspecified atom stereocenters. The highest BCUT2D eigenvalue weighted by atomic mass is 79.9. The molecule has 0 saturated heterocycles. The van der Waals surface area contributed by atoms with Gasteiger partial charge < -0.3 is 5.11 Å². The molecule has 0 saturated carbocycles. The molecular weight excluding hydrogens is 367 g/mol. The minimum absolute atomic E-state index is 0.138. The van der Waals surface area contributed by atoms with Crippen LogP contribution in [0.15, 0.2) is 46.0 Å². The van der Waals surface area contributed by atoms with E-state index in [1.807, 2.05) is 0 Å². The Bertz CT molecular complexity index is 811. The highest BCUT2D eigenvalue weighted by Gasteiger charge is 2.21. The van der Waals surface area contributed by atoms with Gasteiger partial charge in [0.1, 0.15) is 15.3 Å². The minimum atomic E-state index is -4.20. The third-order valence-corrected chi connectivity index (χ3v) is 4.50. The quantitative estimate of drug-likeness (QED) is 0.801. The van der Waals surface area contributed by atoms with Gasteiger partial charge in [-0.05, 0) is 46.3 Å². The standard InChI is InChI=1S/C12H8BrFN2O4S/c13-11-9(2-1-5-15-11)16-21(19,20)10-4-3-7(12(17)18)6-8(10)14/h1-6,16H,(H,17,18). The summed E-state index contributed by atoms with van der Waals surface area (Å²) in [6, 6.07) is 5.50. The van der Waals surface area contributed by atoms with Crippen molar-refractivity contribution in [3.63, 3.8) is 0 Å². The van der Waals surface area contributed by atoms with Crippen molar-refractivity contribution in [2.45, 2.75) is 4.90 Å². The molecule has 6 nitrogen and oxygen atoms in total. The van der Waals surface area contributed by atoms with E-state index in [0.29, 0.717) is 6.07 Å². The Morgan fingerprint density at radius 2 is 2.05 bits per heavy atom. The van der Waals surface area contributed by atoms with Gasteiger partial charge in [-0.15, -0.1) is 0 Å². The summed E-state index contributed by atoms with van der Waals surface area (Å²) in [4.78, 5) is 13.9. The molecule has 0 amide bonds. The maximum Gasteiger partial charge on any atom is 0.335 e. The number of sulfonamides is 1. The van der Waals surface area contributed by atoms with Gasteiger partial charge in [-0.3, -0.25) is 4.72 Å². The first-order valence-corrected chi connectivity index (χ1v) is 7.75. The number of carbonyl (C=O) groups is 1. The van der Waals surface area contributed by atoms with Crippen molar-refractivity contribution in [2.75, 3.05) is 4.72 Å². The highest BCUT2D eigenvalue weighted by Crippen LogP contribution is 2.24. The van der Waals surface area contributed by atoms with Crippen molar-refractivity contribution < 1.29 is 22.7 Å². The van der Waals surface area contributed by atoms with Crippen LogP contribution < -0.4 is 4.72 Å². The monoisotopic (exact) mass is 374 g/mol. The van der Waals surface area contributed by atoms with Crippen LogP contribution in [0.2, 0.25) is 0 Å². The van der Waals surface area contributed by atoms with Gasteiger partial charge >= 0.3 is 5.97 Å². The molecular formula is C12H8BrFN2O4S. The molecule has 9 heteroatoms. The van der Waals surface area contributed by atoms with Crippen LogP contribution in [0.1, 0.15) is 10.4 Å². The van der Waals surface area contributed by atoms with Crippen molar-refractivity contribution in [3.8, 4) is 0 Å². The fourth-order valence-corrected chi connectivity index (χ4v) is 3.12. The summed E-state index contributed by atoms with van der Waals surface area (Å²) in [7, 11) is -4.20. The SMILES string of the molecule is O=C(O)c1ccc(S(=O)(=O)Nc2cccnc2Br)c(F)c1. The van der Waals surface area contributed by atoms with Gasteiger partial charge in [0.2, 0.25) is 0 Å². The summed E-state index contributed by atoms with van der Waals surface area (Å²) in [6.07, 6.45) is 1.45. The molecule has 2 aromatic rings.